The molecule has 0 radical (unpaired) electrons. The number of carbonyl (C=O) groups is 2. The maximum absolute atomic E-state index is 13.3. The van der Waals surface area contributed by atoms with Crippen LogP contribution < -0.4 is 4.74 Å². The third-order valence-corrected chi connectivity index (χ3v) is 4.99. The Balaban J connectivity index is 1.70. The number of carbonyl (C=O) groups excluding carboxylic acids is 2. The van der Waals surface area contributed by atoms with Crippen molar-refractivity contribution < 1.29 is 19.1 Å². The van der Waals surface area contributed by atoms with Crippen LogP contribution in [0.2, 0.25) is 0 Å². The molecule has 0 saturated carbocycles. The lowest BCUT2D eigenvalue weighted by Gasteiger charge is -2.29. The van der Waals surface area contributed by atoms with E-state index in [2.05, 4.69) is 4.98 Å². The Morgan fingerprint density at radius 1 is 1.07 bits per heavy atom. The average Bonchev–Trinajstić information content (AvgIpc) is 3.01. The van der Waals surface area contributed by atoms with Crippen molar-refractivity contribution in [3.63, 3.8) is 0 Å². The molecule has 1 aromatic carbocycles. The Labute approximate surface area is 169 Å². The molecule has 0 N–H and O–H groups in total. The molecule has 2 amide bonds. The third kappa shape index (κ3) is 3.86. The van der Waals surface area contributed by atoms with Gasteiger partial charge in [-0.1, -0.05) is 18.2 Å². The van der Waals surface area contributed by atoms with Gasteiger partial charge in [0.1, 0.15) is 11.4 Å². The highest BCUT2D eigenvalue weighted by Crippen LogP contribution is 2.33. The third-order valence-electron chi connectivity index (χ3n) is 4.99. The Bertz CT molecular complexity index is 919. The molecule has 4 rings (SSSR count). The van der Waals surface area contributed by atoms with Crippen LogP contribution in [-0.2, 0) is 20.9 Å². The Morgan fingerprint density at radius 2 is 1.83 bits per heavy atom. The Hall–Kier alpha value is -3.19. The van der Waals surface area contributed by atoms with Gasteiger partial charge in [-0.2, -0.15) is 0 Å². The molecule has 7 heteroatoms. The van der Waals surface area contributed by atoms with E-state index in [1.165, 1.54) is 4.90 Å². The lowest BCUT2D eigenvalue weighted by Crippen LogP contribution is -2.40. The molecule has 1 aromatic heterocycles. The fraction of sp³-hybridized carbons (Fsp3) is 0.318. The zero-order valence-electron chi connectivity index (χ0n) is 16.3. The maximum Gasteiger partial charge on any atom is 0.278 e. The highest BCUT2D eigenvalue weighted by molar-refractivity contribution is 6.35. The first-order chi connectivity index (χ1) is 14.2. The summed E-state index contributed by atoms with van der Waals surface area (Å²) in [5.74, 6) is 0.169. The number of amides is 2. The molecule has 1 saturated heterocycles. The number of imide groups is 1. The van der Waals surface area contributed by atoms with Crippen LogP contribution in [0.15, 0.2) is 54.5 Å². The fourth-order valence-electron chi connectivity index (χ4n) is 3.61. The lowest BCUT2D eigenvalue weighted by atomic mass is 10.0. The minimum absolute atomic E-state index is 0.194. The van der Waals surface area contributed by atoms with E-state index in [-0.39, 0.29) is 18.4 Å². The Kier molecular flexibility index (Phi) is 5.57. The molecule has 2 aromatic rings. The van der Waals surface area contributed by atoms with Crippen LogP contribution in [0.4, 0.5) is 0 Å². The first-order valence-corrected chi connectivity index (χ1v) is 9.74. The smallest absolute Gasteiger partial charge is 0.278 e. The molecule has 1 fully saturated rings. The van der Waals surface area contributed by atoms with Gasteiger partial charge >= 0.3 is 0 Å². The average molecular weight is 393 g/mol. The summed E-state index contributed by atoms with van der Waals surface area (Å²) >= 11 is 0. The molecule has 2 aliphatic rings. The van der Waals surface area contributed by atoms with Crippen LogP contribution in [0.25, 0.3) is 5.57 Å². The van der Waals surface area contributed by atoms with Gasteiger partial charge in [-0.3, -0.25) is 19.5 Å². The molecule has 0 unspecified atom stereocenters. The van der Waals surface area contributed by atoms with Crippen molar-refractivity contribution in [3.05, 3.63) is 65.6 Å². The first-order valence-electron chi connectivity index (χ1n) is 9.74. The fourth-order valence-corrected chi connectivity index (χ4v) is 3.61. The number of aromatic nitrogens is 1. The number of pyridine rings is 1. The SMILES string of the molecule is CCOc1ccc(C2=C(N3CCOCC3)C(=O)N(Cc3cccnc3)C2=O)cc1. The van der Waals surface area contributed by atoms with Crippen LogP contribution in [-0.4, -0.2) is 59.5 Å². The second-order valence-electron chi connectivity index (χ2n) is 6.84. The van der Waals surface area contributed by atoms with Crippen LogP contribution in [0.3, 0.4) is 0 Å². The summed E-state index contributed by atoms with van der Waals surface area (Å²) < 4.78 is 10.9. The molecule has 2 aliphatic heterocycles. The molecule has 0 bridgehead atoms. The summed E-state index contributed by atoms with van der Waals surface area (Å²) in [6.45, 7) is 4.90. The van der Waals surface area contributed by atoms with Crippen LogP contribution in [0.5, 0.6) is 5.75 Å². The summed E-state index contributed by atoms with van der Waals surface area (Å²) in [5.41, 5.74) is 2.40. The molecule has 0 aliphatic carbocycles. The summed E-state index contributed by atoms with van der Waals surface area (Å²) in [7, 11) is 0. The number of morpholine rings is 1. The van der Waals surface area contributed by atoms with Gasteiger partial charge in [0, 0.05) is 25.5 Å². The predicted octanol–water partition coefficient (Wildman–Crippen LogP) is 2.09. The van der Waals surface area contributed by atoms with E-state index in [1.54, 1.807) is 18.5 Å². The normalized spacial score (nSPS) is 17.3. The molecule has 150 valence electrons. The van der Waals surface area contributed by atoms with Crippen LogP contribution in [0.1, 0.15) is 18.1 Å². The zero-order valence-corrected chi connectivity index (χ0v) is 16.3. The molecular weight excluding hydrogens is 370 g/mol. The van der Waals surface area contributed by atoms with Crippen LogP contribution >= 0.6 is 0 Å². The number of ether oxygens (including phenoxy) is 2. The highest BCUT2D eigenvalue weighted by Gasteiger charge is 2.41. The monoisotopic (exact) mass is 393 g/mol. The first kappa shape index (κ1) is 19.1. The molecular formula is C22H23N3O4. The van der Waals surface area contributed by atoms with Gasteiger partial charge < -0.3 is 14.4 Å². The van der Waals surface area contributed by atoms with Gasteiger partial charge in [0.15, 0.2) is 0 Å². The molecule has 0 spiro atoms. The van der Waals surface area contributed by atoms with Gasteiger partial charge in [-0.15, -0.1) is 0 Å². The summed E-state index contributed by atoms with van der Waals surface area (Å²) in [5, 5.41) is 0. The van der Waals surface area contributed by atoms with Gasteiger partial charge in [-0.05, 0) is 36.2 Å². The topological polar surface area (TPSA) is 72.0 Å². The van der Waals surface area contributed by atoms with Gasteiger partial charge in [0.25, 0.3) is 11.8 Å². The predicted molar refractivity (Wildman–Crippen MR) is 107 cm³/mol. The second-order valence-corrected chi connectivity index (χ2v) is 6.84. The van der Waals surface area contributed by atoms with Gasteiger partial charge in [0.05, 0.1) is 31.9 Å². The molecule has 7 nitrogen and oxygen atoms in total. The van der Waals surface area contributed by atoms with Gasteiger partial charge in [0.2, 0.25) is 0 Å². The van der Waals surface area contributed by atoms with Crippen molar-refractivity contribution in [1.29, 1.82) is 0 Å². The minimum Gasteiger partial charge on any atom is -0.494 e. The molecule has 29 heavy (non-hydrogen) atoms. The summed E-state index contributed by atoms with van der Waals surface area (Å²) in [4.78, 5) is 34.0. The van der Waals surface area contributed by atoms with E-state index in [0.717, 1.165) is 11.3 Å². The highest BCUT2D eigenvalue weighted by atomic mass is 16.5. The number of rotatable bonds is 6. The second kappa shape index (κ2) is 8.45. The summed E-state index contributed by atoms with van der Waals surface area (Å²) in [6, 6.07) is 11.0. The van der Waals surface area contributed by atoms with Crippen molar-refractivity contribution in [2.24, 2.45) is 0 Å². The number of hydrogen-bond donors (Lipinski definition) is 0. The number of benzene rings is 1. The van der Waals surface area contributed by atoms with Gasteiger partial charge in [-0.25, -0.2) is 0 Å². The van der Waals surface area contributed by atoms with Crippen molar-refractivity contribution in [1.82, 2.24) is 14.8 Å². The molecule has 0 atom stereocenters. The zero-order chi connectivity index (χ0) is 20.2. The quantitative estimate of drug-likeness (QED) is 0.700. The van der Waals surface area contributed by atoms with Crippen molar-refractivity contribution >= 4 is 17.4 Å². The van der Waals surface area contributed by atoms with E-state index in [4.69, 9.17) is 9.47 Å². The lowest BCUT2D eigenvalue weighted by molar-refractivity contribution is -0.138. The van der Waals surface area contributed by atoms with E-state index in [9.17, 15) is 9.59 Å². The standard InChI is InChI=1S/C22H23N3O4/c1-2-29-18-7-5-17(6-8-18)19-20(24-10-12-28-13-11-24)22(27)25(21(19)26)15-16-4-3-9-23-14-16/h3-9,14H,2,10-13,15H2,1H3. The van der Waals surface area contributed by atoms with E-state index < -0.39 is 0 Å². The minimum atomic E-state index is -0.287. The summed E-state index contributed by atoms with van der Waals surface area (Å²) in [6.07, 6.45) is 3.34. The number of nitrogens with zero attached hydrogens (tertiary/aromatic N) is 3. The van der Waals surface area contributed by atoms with Crippen molar-refractivity contribution in [2.45, 2.75) is 13.5 Å². The molecule has 3 heterocycles. The van der Waals surface area contributed by atoms with Crippen LogP contribution in [0, 0.1) is 0 Å². The largest absolute Gasteiger partial charge is 0.494 e. The van der Waals surface area contributed by atoms with Crippen molar-refractivity contribution in [2.75, 3.05) is 32.9 Å². The van der Waals surface area contributed by atoms with E-state index in [0.29, 0.717) is 49.7 Å². The van der Waals surface area contributed by atoms with E-state index >= 15 is 0 Å². The van der Waals surface area contributed by atoms with Crippen molar-refractivity contribution in [3.8, 4) is 5.75 Å². The van der Waals surface area contributed by atoms with E-state index in [1.807, 2.05) is 42.2 Å². The maximum atomic E-state index is 13.3. The number of hydrogen-bond acceptors (Lipinski definition) is 6. The Morgan fingerprint density at radius 3 is 2.48 bits per heavy atom.